The second kappa shape index (κ2) is 11.6. The Hall–Kier alpha value is -0.960. The van der Waals surface area contributed by atoms with Crippen LogP contribution in [0.25, 0.3) is 0 Å². The molecule has 0 bridgehead atoms. The van der Waals surface area contributed by atoms with Crippen LogP contribution in [0.3, 0.4) is 0 Å². The summed E-state index contributed by atoms with van der Waals surface area (Å²) in [5.74, 6) is 2.20. The van der Waals surface area contributed by atoms with Crippen molar-refractivity contribution in [2.75, 3.05) is 32.4 Å². The van der Waals surface area contributed by atoms with Crippen LogP contribution in [0.5, 0.6) is 0 Å². The van der Waals surface area contributed by atoms with Crippen molar-refractivity contribution in [1.82, 2.24) is 16.0 Å². The Morgan fingerprint density at radius 2 is 1.78 bits per heavy atom. The second-order valence-corrected chi connectivity index (χ2v) is 6.32. The normalized spacial score (nSPS) is 13.9. The molecule has 1 aromatic carbocycles. The number of nitrogens with zero attached hydrogens (tertiary/aromatic N) is 1. The molecule has 0 unspecified atom stereocenters. The van der Waals surface area contributed by atoms with Crippen molar-refractivity contribution < 1.29 is 4.79 Å². The van der Waals surface area contributed by atoms with Crippen LogP contribution in [0.2, 0.25) is 0 Å². The Morgan fingerprint density at radius 1 is 1.13 bits per heavy atom. The summed E-state index contributed by atoms with van der Waals surface area (Å²) in [6, 6.07) is 10.3. The van der Waals surface area contributed by atoms with Crippen LogP contribution in [-0.2, 0) is 4.79 Å². The molecular weight excluding hydrogens is 423 g/mol. The highest BCUT2D eigenvalue weighted by Gasteiger charge is 2.28. The van der Waals surface area contributed by atoms with Crippen molar-refractivity contribution in [1.29, 1.82) is 0 Å². The van der Waals surface area contributed by atoms with Gasteiger partial charge in [0, 0.05) is 43.2 Å². The second-order valence-electron chi connectivity index (χ2n) is 5.15. The summed E-state index contributed by atoms with van der Waals surface area (Å²) >= 11 is 1.81. The molecule has 3 N–H and O–H groups in total. The van der Waals surface area contributed by atoms with E-state index in [9.17, 15) is 4.79 Å². The maximum atomic E-state index is 11.5. The van der Waals surface area contributed by atoms with Gasteiger partial charge in [0.2, 0.25) is 5.91 Å². The number of carbonyl (C=O) groups excluding carboxylic acids is 1. The molecule has 0 radical (unpaired) electrons. The molecule has 0 aromatic heterocycles. The van der Waals surface area contributed by atoms with Crippen molar-refractivity contribution in [3.05, 3.63) is 30.3 Å². The molecule has 1 aliphatic carbocycles. The van der Waals surface area contributed by atoms with E-state index in [-0.39, 0.29) is 35.8 Å². The number of aliphatic imine (C=N–C) groups is 1. The SMILES string of the molecule is CN=C(NCCNC(=O)C1CC1)NCCSc1ccccc1.I. The zero-order valence-corrected chi connectivity index (χ0v) is 16.5. The zero-order chi connectivity index (χ0) is 15.6. The van der Waals surface area contributed by atoms with Crippen LogP contribution in [-0.4, -0.2) is 44.3 Å². The molecule has 1 amide bonds. The minimum absolute atomic E-state index is 0. The average Bonchev–Trinajstić information content (AvgIpc) is 3.39. The lowest BCUT2D eigenvalue weighted by atomic mass is 10.4. The minimum atomic E-state index is 0. The summed E-state index contributed by atoms with van der Waals surface area (Å²) in [6.07, 6.45) is 2.09. The number of amides is 1. The number of guanidine groups is 1. The summed E-state index contributed by atoms with van der Waals surface area (Å²) < 4.78 is 0. The van der Waals surface area contributed by atoms with E-state index in [0.717, 1.165) is 31.1 Å². The number of hydrogen-bond acceptors (Lipinski definition) is 3. The van der Waals surface area contributed by atoms with Gasteiger partial charge in [0.25, 0.3) is 0 Å². The minimum Gasteiger partial charge on any atom is -0.356 e. The number of carbonyl (C=O) groups is 1. The number of thioether (sulfide) groups is 1. The fourth-order valence-corrected chi connectivity index (χ4v) is 2.72. The van der Waals surface area contributed by atoms with Crippen LogP contribution >= 0.6 is 35.7 Å². The van der Waals surface area contributed by atoms with Crippen molar-refractivity contribution in [3.8, 4) is 0 Å². The Kier molecular flexibility index (Phi) is 10.1. The quantitative estimate of drug-likeness (QED) is 0.187. The van der Waals surface area contributed by atoms with Crippen LogP contribution in [0.15, 0.2) is 40.2 Å². The van der Waals surface area contributed by atoms with Crippen molar-refractivity contribution >= 4 is 47.6 Å². The van der Waals surface area contributed by atoms with Gasteiger partial charge in [-0.1, -0.05) is 18.2 Å². The number of nitrogens with one attached hydrogen (secondary N) is 3. The first-order valence-corrected chi connectivity index (χ1v) is 8.68. The molecule has 0 aliphatic heterocycles. The van der Waals surface area contributed by atoms with E-state index in [0.29, 0.717) is 13.1 Å². The monoisotopic (exact) mass is 448 g/mol. The molecule has 2 rings (SSSR count). The van der Waals surface area contributed by atoms with E-state index in [2.05, 4.69) is 33.1 Å². The Labute approximate surface area is 159 Å². The van der Waals surface area contributed by atoms with Gasteiger partial charge in [0.15, 0.2) is 5.96 Å². The van der Waals surface area contributed by atoms with E-state index in [1.807, 2.05) is 30.0 Å². The van der Waals surface area contributed by atoms with E-state index in [1.165, 1.54) is 4.90 Å². The first kappa shape index (κ1) is 20.1. The van der Waals surface area contributed by atoms with E-state index in [1.54, 1.807) is 7.05 Å². The van der Waals surface area contributed by atoms with E-state index in [4.69, 9.17) is 0 Å². The summed E-state index contributed by atoms with van der Waals surface area (Å²) in [4.78, 5) is 16.9. The summed E-state index contributed by atoms with van der Waals surface area (Å²) in [7, 11) is 1.75. The third kappa shape index (κ3) is 8.45. The average molecular weight is 448 g/mol. The van der Waals surface area contributed by atoms with Crippen molar-refractivity contribution in [2.45, 2.75) is 17.7 Å². The molecule has 7 heteroatoms. The molecule has 1 aromatic rings. The van der Waals surface area contributed by atoms with Gasteiger partial charge in [0.05, 0.1) is 0 Å². The Morgan fingerprint density at radius 3 is 2.43 bits per heavy atom. The summed E-state index contributed by atoms with van der Waals surface area (Å²) in [5, 5.41) is 9.39. The third-order valence-corrected chi connectivity index (χ3v) is 4.31. The van der Waals surface area contributed by atoms with Gasteiger partial charge < -0.3 is 16.0 Å². The van der Waals surface area contributed by atoms with Gasteiger partial charge >= 0.3 is 0 Å². The van der Waals surface area contributed by atoms with Gasteiger partial charge in [-0.25, -0.2) is 0 Å². The molecule has 0 heterocycles. The Bertz CT molecular complexity index is 494. The highest BCUT2D eigenvalue weighted by molar-refractivity contribution is 14.0. The molecule has 5 nitrogen and oxygen atoms in total. The lowest BCUT2D eigenvalue weighted by Gasteiger charge is -2.12. The van der Waals surface area contributed by atoms with Gasteiger partial charge in [-0.15, -0.1) is 35.7 Å². The topological polar surface area (TPSA) is 65.5 Å². The maximum absolute atomic E-state index is 11.5. The van der Waals surface area contributed by atoms with Gasteiger partial charge in [-0.05, 0) is 25.0 Å². The fraction of sp³-hybridized carbons (Fsp3) is 0.500. The number of hydrogen-bond donors (Lipinski definition) is 3. The molecule has 0 atom stereocenters. The summed E-state index contributed by atoms with van der Waals surface area (Å²) in [6.45, 7) is 2.16. The highest BCUT2D eigenvalue weighted by atomic mass is 127. The molecule has 128 valence electrons. The predicted octanol–water partition coefficient (Wildman–Crippen LogP) is 2.09. The van der Waals surface area contributed by atoms with Gasteiger partial charge in [0.1, 0.15) is 0 Å². The maximum Gasteiger partial charge on any atom is 0.223 e. The highest BCUT2D eigenvalue weighted by Crippen LogP contribution is 2.28. The number of rotatable bonds is 8. The molecule has 23 heavy (non-hydrogen) atoms. The van der Waals surface area contributed by atoms with Crippen LogP contribution in [0.1, 0.15) is 12.8 Å². The third-order valence-electron chi connectivity index (χ3n) is 3.29. The van der Waals surface area contributed by atoms with Crippen LogP contribution in [0.4, 0.5) is 0 Å². The molecule has 1 saturated carbocycles. The fourth-order valence-electron chi connectivity index (χ4n) is 1.93. The molecule has 0 saturated heterocycles. The molecular formula is C16H25IN4OS. The van der Waals surface area contributed by atoms with Crippen molar-refractivity contribution in [2.24, 2.45) is 10.9 Å². The van der Waals surface area contributed by atoms with Crippen LogP contribution in [0, 0.1) is 5.92 Å². The lowest BCUT2D eigenvalue weighted by molar-refractivity contribution is -0.122. The first-order chi connectivity index (χ1) is 10.8. The molecule has 1 fully saturated rings. The lowest BCUT2D eigenvalue weighted by Crippen LogP contribution is -2.42. The number of benzene rings is 1. The Balaban J connectivity index is 0.00000264. The predicted molar refractivity (Wildman–Crippen MR) is 108 cm³/mol. The first-order valence-electron chi connectivity index (χ1n) is 7.69. The zero-order valence-electron chi connectivity index (χ0n) is 13.4. The largest absolute Gasteiger partial charge is 0.356 e. The van der Waals surface area contributed by atoms with Gasteiger partial charge in [-0.3, -0.25) is 9.79 Å². The van der Waals surface area contributed by atoms with Gasteiger partial charge in [-0.2, -0.15) is 0 Å². The summed E-state index contributed by atoms with van der Waals surface area (Å²) in [5.41, 5.74) is 0. The standard InChI is InChI=1S/C16H24N4OS.HI/c1-17-16(19-10-9-18-15(21)13-7-8-13)20-11-12-22-14-5-3-2-4-6-14;/h2-6,13H,7-12H2,1H3,(H,18,21)(H2,17,19,20);1H. The van der Waals surface area contributed by atoms with Crippen LogP contribution < -0.4 is 16.0 Å². The molecule has 1 aliphatic rings. The molecule has 0 spiro atoms. The number of halogens is 1. The van der Waals surface area contributed by atoms with E-state index < -0.39 is 0 Å². The smallest absolute Gasteiger partial charge is 0.223 e. The van der Waals surface area contributed by atoms with E-state index >= 15 is 0 Å². The van der Waals surface area contributed by atoms with Crippen molar-refractivity contribution in [3.63, 3.8) is 0 Å².